The van der Waals surface area contributed by atoms with Crippen LogP contribution in [-0.2, 0) is 0 Å². The second kappa shape index (κ2) is 5.05. The molecule has 0 radical (unpaired) electrons. The lowest BCUT2D eigenvalue weighted by Crippen LogP contribution is -2.22. The van der Waals surface area contributed by atoms with Crippen molar-refractivity contribution in [3.05, 3.63) is 57.2 Å². The number of nitrogens with zero attached hydrogens (tertiary/aromatic N) is 2. The lowest BCUT2D eigenvalue weighted by Gasteiger charge is -2.12. The van der Waals surface area contributed by atoms with Crippen molar-refractivity contribution in [2.24, 2.45) is 5.73 Å². The van der Waals surface area contributed by atoms with Crippen LogP contribution in [0.1, 0.15) is 24.4 Å². The van der Waals surface area contributed by atoms with Gasteiger partial charge in [-0.1, -0.05) is 12.1 Å². The summed E-state index contributed by atoms with van der Waals surface area (Å²) < 4.78 is 14.7. The average Bonchev–Trinajstić information content (AvgIpc) is 2.82. The highest BCUT2D eigenvalue weighted by molar-refractivity contribution is 7.15. The van der Waals surface area contributed by atoms with Gasteiger partial charge in [-0.05, 0) is 31.5 Å². The molecule has 0 saturated heterocycles. The Bertz CT molecular complexity index is 865. The van der Waals surface area contributed by atoms with Gasteiger partial charge >= 0.3 is 0 Å². The molecule has 2 N–H and O–H groups in total. The molecule has 0 amide bonds. The van der Waals surface area contributed by atoms with E-state index >= 15 is 0 Å². The van der Waals surface area contributed by atoms with Crippen LogP contribution in [0.3, 0.4) is 0 Å². The fraction of sp³-hybridized carbons (Fsp3) is 0.200. The third kappa shape index (κ3) is 2.26. The summed E-state index contributed by atoms with van der Waals surface area (Å²) in [5.41, 5.74) is 8.22. The van der Waals surface area contributed by atoms with E-state index in [0.29, 0.717) is 21.8 Å². The molecule has 0 bridgehead atoms. The Hall–Kier alpha value is -2.05. The first kappa shape index (κ1) is 13.9. The van der Waals surface area contributed by atoms with E-state index in [2.05, 4.69) is 4.98 Å². The van der Waals surface area contributed by atoms with Crippen LogP contribution in [0.15, 0.2) is 34.4 Å². The molecule has 0 aliphatic rings. The van der Waals surface area contributed by atoms with E-state index < -0.39 is 0 Å². The van der Waals surface area contributed by atoms with Gasteiger partial charge in [-0.2, -0.15) is 0 Å². The van der Waals surface area contributed by atoms with Crippen molar-refractivity contribution in [3.8, 4) is 11.1 Å². The molecule has 0 aliphatic carbocycles. The van der Waals surface area contributed by atoms with Crippen LogP contribution in [0.5, 0.6) is 0 Å². The topological polar surface area (TPSA) is 60.4 Å². The number of thiazole rings is 1. The average molecular weight is 303 g/mol. The zero-order chi connectivity index (χ0) is 15.1. The summed E-state index contributed by atoms with van der Waals surface area (Å²) in [6.45, 7) is 3.64. The normalized spacial score (nSPS) is 12.8. The van der Waals surface area contributed by atoms with Gasteiger partial charge in [0.1, 0.15) is 5.82 Å². The van der Waals surface area contributed by atoms with Crippen molar-refractivity contribution in [2.75, 3.05) is 0 Å². The van der Waals surface area contributed by atoms with Crippen LogP contribution >= 0.6 is 11.3 Å². The molecule has 21 heavy (non-hydrogen) atoms. The standard InChI is InChI=1S/C15H14FN3OS/c1-8-7-21-15-18-13(9(2)17)12(14(20)19(8)15)10-3-5-11(16)6-4-10/h3-7,9H,17H2,1-2H3. The summed E-state index contributed by atoms with van der Waals surface area (Å²) >= 11 is 1.40. The predicted octanol–water partition coefficient (Wildman–Crippen LogP) is 2.89. The Balaban J connectivity index is 2.41. The smallest absolute Gasteiger partial charge is 0.266 e. The van der Waals surface area contributed by atoms with Crippen LogP contribution in [-0.4, -0.2) is 9.38 Å². The summed E-state index contributed by atoms with van der Waals surface area (Å²) in [5.74, 6) is -0.345. The maximum Gasteiger partial charge on any atom is 0.266 e. The molecule has 3 rings (SSSR count). The zero-order valence-electron chi connectivity index (χ0n) is 11.6. The first-order valence-electron chi connectivity index (χ1n) is 6.51. The fourth-order valence-electron chi connectivity index (χ4n) is 2.32. The summed E-state index contributed by atoms with van der Waals surface area (Å²) in [6, 6.07) is 5.43. The van der Waals surface area contributed by atoms with Gasteiger partial charge in [0.25, 0.3) is 5.56 Å². The molecule has 1 atom stereocenters. The second-order valence-electron chi connectivity index (χ2n) is 4.97. The molecule has 0 fully saturated rings. The van der Waals surface area contributed by atoms with E-state index in [-0.39, 0.29) is 17.4 Å². The third-order valence-corrected chi connectivity index (χ3v) is 4.28. The van der Waals surface area contributed by atoms with Crippen LogP contribution in [0.25, 0.3) is 16.1 Å². The Morgan fingerprint density at radius 2 is 2.00 bits per heavy atom. The minimum Gasteiger partial charge on any atom is -0.323 e. The molecular weight excluding hydrogens is 289 g/mol. The van der Waals surface area contributed by atoms with Gasteiger partial charge in [0.2, 0.25) is 0 Å². The Morgan fingerprint density at radius 3 is 2.62 bits per heavy atom. The highest BCUT2D eigenvalue weighted by atomic mass is 32.1. The highest BCUT2D eigenvalue weighted by Crippen LogP contribution is 2.25. The van der Waals surface area contributed by atoms with E-state index in [1.165, 1.54) is 23.5 Å². The third-order valence-electron chi connectivity index (χ3n) is 3.33. The maximum atomic E-state index is 13.1. The molecule has 2 heterocycles. The lowest BCUT2D eigenvalue weighted by atomic mass is 10.0. The summed E-state index contributed by atoms with van der Waals surface area (Å²) in [6.07, 6.45) is 0. The number of fused-ring (bicyclic) bond motifs is 1. The number of halogens is 1. The van der Waals surface area contributed by atoms with Gasteiger partial charge in [-0.3, -0.25) is 9.20 Å². The van der Waals surface area contributed by atoms with Crippen molar-refractivity contribution in [1.82, 2.24) is 9.38 Å². The van der Waals surface area contributed by atoms with E-state index in [1.807, 2.05) is 12.3 Å². The van der Waals surface area contributed by atoms with Crippen molar-refractivity contribution >= 4 is 16.3 Å². The molecule has 0 spiro atoms. The van der Waals surface area contributed by atoms with Crippen LogP contribution < -0.4 is 11.3 Å². The minimum atomic E-state index is -0.384. The van der Waals surface area contributed by atoms with Crippen LogP contribution in [0, 0.1) is 12.7 Å². The van der Waals surface area contributed by atoms with Gasteiger partial charge in [-0.25, -0.2) is 9.37 Å². The largest absolute Gasteiger partial charge is 0.323 e. The minimum absolute atomic E-state index is 0.169. The summed E-state index contributed by atoms with van der Waals surface area (Å²) in [4.78, 5) is 17.9. The first-order valence-corrected chi connectivity index (χ1v) is 7.39. The number of aryl methyl sites for hydroxylation is 1. The molecule has 0 aliphatic heterocycles. The molecule has 2 aromatic heterocycles. The molecule has 4 nitrogen and oxygen atoms in total. The number of hydrogen-bond donors (Lipinski definition) is 1. The van der Waals surface area contributed by atoms with Gasteiger partial charge in [0, 0.05) is 17.1 Å². The van der Waals surface area contributed by atoms with Gasteiger partial charge in [0.15, 0.2) is 4.96 Å². The second-order valence-corrected chi connectivity index (χ2v) is 5.80. The van der Waals surface area contributed by atoms with E-state index in [0.717, 1.165) is 5.69 Å². The molecular formula is C15H14FN3OS. The van der Waals surface area contributed by atoms with Crippen molar-refractivity contribution < 1.29 is 4.39 Å². The van der Waals surface area contributed by atoms with Crippen molar-refractivity contribution in [2.45, 2.75) is 19.9 Å². The highest BCUT2D eigenvalue weighted by Gasteiger charge is 2.19. The van der Waals surface area contributed by atoms with Gasteiger partial charge in [-0.15, -0.1) is 11.3 Å². The van der Waals surface area contributed by atoms with Gasteiger partial charge < -0.3 is 5.73 Å². The number of hydrogen-bond acceptors (Lipinski definition) is 4. The zero-order valence-corrected chi connectivity index (χ0v) is 12.4. The quantitative estimate of drug-likeness (QED) is 0.792. The number of rotatable bonds is 2. The number of nitrogens with two attached hydrogens (primary N) is 1. The molecule has 6 heteroatoms. The van der Waals surface area contributed by atoms with Gasteiger partial charge in [0.05, 0.1) is 11.3 Å². The molecule has 1 aromatic carbocycles. The lowest BCUT2D eigenvalue weighted by molar-refractivity contribution is 0.628. The van der Waals surface area contributed by atoms with E-state index in [9.17, 15) is 9.18 Å². The summed E-state index contributed by atoms with van der Waals surface area (Å²) in [5, 5.41) is 1.88. The SMILES string of the molecule is Cc1csc2nc(C(C)N)c(-c3ccc(F)cc3)c(=O)n12. The van der Waals surface area contributed by atoms with Crippen molar-refractivity contribution in [1.29, 1.82) is 0 Å². The maximum absolute atomic E-state index is 13.1. The molecule has 108 valence electrons. The Morgan fingerprint density at radius 1 is 1.33 bits per heavy atom. The van der Waals surface area contributed by atoms with Crippen LogP contribution in [0.4, 0.5) is 4.39 Å². The Kier molecular flexibility index (Phi) is 3.35. The van der Waals surface area contributed by atoms with E-state index in [4.69, 9.17) is 5.73 Å². The first-order chi connectivity index (χ1) is 9.99. The van der Waals surface area contributed by atoms with E-state index in [1.54, 1.807) is 23.5 Å². The monoisotopic (exact) mass is 303 g/mol. The predicted molar refractivity (Wildman–Crippen MR) is 82.1 cm³/mol. The fourth-order valence-corrected chi connectivity index (χ4v) is 3.18. The molecule has 1 unspecified atom stereocenters. The number of aromatic nitrogens is 2. The molecule has 0 saturated carbocycles. The Labute approximate surface area is 124 Å². The van der Waals surface area contributed by atoms with Crippen LogP contribution in [0.2, 0.25) is 0 Å². The van der Waals surface area contributed by atoms with Crippen molar-refractivity contribution in [3.63, 3.8) is 0 Å². The number of benzene rings is 1. The molecule has 3 aromatic rings. The summed E-state index contributed by atoms with van der Waals surface area (Å²) in [7, 11) is 0.